The maximum atomic E-state index is 12.3. The van der Waals surface area contributed by atoms with Crippen molar-refractivity contribution in [1.29, 1.82) is 0 Å². The predicted octanol–water partition coefficient (Wildman–Crippen LogP) is 4.22. The molecule has 0 unspecified atom stereocenters. The maximum Gasteiger partial charge on any atom is 0.281 e. The molecule has 0 fully saturated rings. The monoisotopic (exact) mass is 491 g/mol. The zero-order valence-corrected chi connectivity index (χ0v) is 17.0. The summed E-state index contributed by atoms with van der Waals surface area (Å²) in [5.74, 6) is 4.39. The fourth-order valence-electron chi connectivity index (χ4n) is 2.60. The Labute approximate surface area is 171 Å². The lowest BCUT2D eigenvalue weighted by atomic mass is 10.1. The van der Waals surface area contributed by atoms with Crippen LogP contribution >= 0.6 is 31.9 Å². The van der Waals surface area contributed by atoms with Crippen molar-refractivity contribution in [2.24, 2.45) is 5.84 Å². The van der Waals surface area contributed by atoms with E-state index in [4.69, 9.17) is 5.84 Å². The van der Waals surface area contributed by atoms with Crippen molar-refractivity contribution >= 4 is 60.3 Å². The average molecular weight is 493 g/mol. The van der Waals surface area contributed by atoms with E-state index in [1.54, 1.807) is 0 Å². The largest absolute Gasteiger partial charge is 0.506 e. The summed E-state index contributed by atoms with van der Waals surface area (Å²) in [6, 6.07) is 14.9. The van der Waals surface area contributed by atoms with E-state index in [1.165, 1.54) is 12.1 Å². The van der Waals surface area contributed by atoms with E-state index in [0.29, 0.717) is 15.7 Å². The van der Waals surface area contributed by atoms with Gasteiger partial charge in [-0.25, -0.2) is 5.84 Å². The third kappa shape index (κ3) is 3.92. The highest BCUT2D eigenvalue weighted by Gasteiger charge is 2.16. The Balaban J connectivity index is 2.10. The number of nitrogens with two attached hydrogens (primary N) is 1. The highest BCUT2D eigenvalue weighted by Crippen LogP contribution is 2.42. The molecule has 0 saturated carbocycles. The molecule has 3 aromatic rings. The Hall–Kier alpha value is -2.55. The molecule has 0 heterocycles. The van der Waals surface area contributed by atoms with Crippen LogP contribution in [0.5, 0.6) is 11.5 Å². The smallest absolute Gasteiger partial charge is 0.281 e. The molecule has 8 heteroatoms. The topological polar surface area (TPSA) is 108 Å². The predicted molar refractivity (Wildman–Crippen MR) is 113 cm³/mol. The first-order chi connectivity index (χ1) is 12.9. The fourth-order valence-corrected chi connectivity index (χ4v) is 3.75. The van der Waals surface area contributed by atoms with Crippen LogP contribution in [0, 0.1) is 0 Å². The van der Waals surface area contributed by atoms with Gasteiger partial charge in [0.2, 0.25) is 0 Å². The van der Waals surface area contributed by atoms with E-state index in [1.807, 2.05) is 42.5 Å². The van der Waals surface area contributed by atoms with Crippen LogP contribution in [-0.2, 0) is 4.79 Å². The van der Waals surface area contributed by atoms with Crippen molar-refractivity contribution in [2.75, 3.05) is 5.32 Å². The van der Waals surface area contributed by atoms with Gasteiger partial charge in [-0.3, -0.25) is 10.2 Å². The van der Waals surface area contributed by atoms with Crippen LogP contribution in [-0.4, -0.2) is 16.1 Å². The van der Waals surface area contributed by atoms with Crippen molar-refractivity contribution in [3.8, 4) is 11.5 Å². The van der Waals surface area contributed by atoms with E-state index in [0.717, 1.165) is 10.8 Å². The number of carbonyl (C=O) groups excluding carboxylic acids is 1. The Morgan fingerprint density at radius 2 is 1.74 bits per heavy atom. The number of nitrogens with one attached hydrogen (secondary N) is 2. The molecule has 0 aromatic heterocycles. The molecule has 3 aromatic carbocycles. The molecular formula is C19H15Br2N3O3. The van der Waals surface area contributed by atoms with E-state index >= 15 is 0 Å². The van der Waals surface area contributed by atoms with Crippen molar-refractivity contribution in [3.63, 3.8) is 0 Å². The second kappa shape index (κ2) is 7.99. The lowest BCUT2D eigenvalue weighted by Gasteiger charge is -2.13. The van der Waals surface area contributed by atoms with Gasteiger partial charge in [-0.1, -0.05) is 36.4 Å². The first kappa shape index (κ1) is 19.2. The van der Waals surface area contributed by atoms with Gasteiger partial charge >= 0.3 is 0 Å². The van der Waals surface area contributed by atoms with E-state index in [2.05, 4.69) is 42.6 Å². The lowest BCUT2D eigenvalue weighted by molar-refractivity contribution is -0.117. The number of hydrazine groups is 1. The van der Waals surface area contributed by atoms with E-state index in [-0.39, 0.29) is 21.7 Å². The van der Waals surface area contributed by atoms with E-state index in [9.17, 15) is 15.0 Å². The number of fused-ring (bicyclic) bond motifs is 1. The molecule has 0 radical (unpaired) electrons. The van der Waals surface area contributed by atoms with E-state index < -0.39 is 5.91 Å². The Morgan fingerprint density at radius 3 is 2.48 bits per heavy atom. The number of aromatic hydroxyl groups is 2. The molecule has 0 atom stereocenters. The standard InChI is InChI=1S/C19H15Br2N3O3/c20-13-8-11(17(25)16(21)18(13)26)9-15(19(27)24-22)23-14-7-3-5-10-4-1-2-6-12(10)14/h1-9,23,25-26H,22H2,(H,24,27). The molecule has 27 heavy (non-hydrogen) atoms. The zero-order chi connectivity index (χ0) is 19.6. The van der Waals surface area contributed by atoms with Crippen molar-refractivity contribution in [1.82, 2.24) is 5.43 Å². The fraction of sp³-hybridized carbons (Fsp3) is 0. The van der Waals surface area contributed by atoms with Gasteiger partial charge in [-0.2, -0.15) is 0 Å². The number of benzene rings is 3. The Morgan fingerprint density at radius 1 is 1.04 bits per heavy atom. The van der Waals surface area contributed by atoms with Crippen LogP contribution in [0.25, 0.3) is 16.8 Å². The van der Waals surface area contributed by atoms with Crippen LogP contribution in [0.4, 0.5) is 5.69 Å². The molecule has 0 aliphatic rings. The van der Waals surface area contributed by atoms with Crippen LogP contribution in [0.2, 0.25) is 0 Å². The van der Waals surface area contributed by atoms with Gasteiger partial charge < -0.3 is 15.5 Å². The molecular weight excluding hydrogens is 478 g/mol. The molecule has 0 spiro atoms. The summed E-state index contributed by atoms with van der Waals surface area (Å²) >= 11 is 6.33. The van der Waals surface area contributed by atoms with Crippen molar-refractivity contribution in [2.45, 2.75) is 0 Å². The second-order valence-electron chi connectivity index (χ2n) is 5.64. The Bertz CT molecular complexity index is 1060. The number of anilines is 1. The highest BCUT2D eigenvalue weighted by atomic mass is 79.9. The molecule has 138 valence electrons. The van der Waals surface area contributed by atoms with Gasteiger partial charge in [-0.05, 0) is 55.5 Å². The second-order valence-corrected chi connectivity index (χ2v) is 7.29. The molecule has 6 N–H and O–H groups in total. The minimum Gasteiger partial charge on any atom is -0.506 e. The number of phenols is 2. The van der Waals surface area contributed by atoms with Gasteiger partial charge in [0, 0.05) is 16.6 Å². The molecule has 0 aliphatic carbocycles. The quantitative estimate of drug-likeness (QED) is 0.162. The van der Waals surface area contributed by atoms with Gasteiger partial charge in [-0.15, -0.1) is 0 Å². The number of carbonyl (C=O) groups is 1. The minimum absolute atomic E-state index is 0.112. The highest BCUT2D eigenvalue weighted by molar-refractivity contribution is 9.11. The number of halogens is 2. The summed E-state index contributed by atoms with van der Waals surface area (Å²) in [5.41, 5.74) is 3.22. The van der Waals surface area contributed by atoms with Crippen LogP contribution < -0.4 is 16.6 Å². The number of amides is 1. The summed E-state index contributed by atoms with van der Waals surface area (Å²) in [6.45, 7) is 0. The normalized spacial score (nSPS) is 11.4. The number of hydrogen-bond donors (Lipinski definition) is 5. The first-order valence-corrected chi connectivity index (χ1v) is 9.38. The third-order valence-electron chi connectivity index (χ3n) is 3.93. The van der Waals surface area contributed by atoms with Gasteiger partial charge in [0.05, 0.1) is 4.47 Å². The molecule has 3 rings (SSSR count). The third-order valence-corrected chi connectivity index (χ3v) is 5.29. The summed E-state index contributed by atoms with van der Waals surface area (Å²) in [6.07, 6.45) is 1.44. The summed E-state index contributed by atoms with van der Waals surface area (Å²) in [4.78, 5) is 12.3. The number of phenolic OH excluding ortho intramolecular Hbond substituents is 2. The lowest BCUT2D eigenvalue weighted by Crippen LogP contribution is -2.33. The summed E-state index contributed by atoms with van der Waals surface area (Å²) < 4.78 is 0.469. The maximum absolute atomic E-state index is 12.3. The van der Waals surface area contributed by atoms with Gasteiger partial charge in [0.1, 0.15) is 21.7 Å². The zero-order valence-electron chi connectivity index (χ0n) is 13.8. The number of rotatable bonds is 4. The molecule has 6 nitrogen and oxygen atoms in total. The first-order valence-electron chi connectivity index (χ1n) is 7.79. The van der Waals surface area contributed by atoms with Crippen molar-refractivity contribution in [3.05, 3.63) is 68.7 Å². The summed E-state index contributed by atoms with van der Waals surface area (Å²) in [5, 5.41) is 25.1. The van der Waals surface area contributed by atoms with Gasteiger partial charge in [0.25, 0.3) is 5.91 Å². The molecule has 0 aliphatic heterocycles. The van der Waals surface area contributed by atoms with Crippen molar-refractivity contribution < 1.29 is 15.0 Å². The average Bonchev–Trinajstić information content (AvgIpc) is 2.69. The summed E-state index contributed by atoms with van der Waals surface area (Å²) in [7, 11) is 0. The molecule has 0 saturated heterocycles. The van der Waals surface area contributed by atoms with Gasteiger partial charge in [0.15, 0.2) is 0 Å². The minimum atomic E-state index is -0.567. The SMILES string of the molecule is NNC(=O)C(=Cc1cc(Br)c(O)c(Br)c1O)Nc1cccc2ccccc12. The van der Waals surface area contributed by atoms with Crippen LogP contribution in [0.15, 0.2) is 63.2 Å². The molecule has 1 amide bonds. The Kier molecular flexibility index (Phi) is 5.69. The number of hydrogen-bond acceptors (Lipinski definition) is 5. The molecule has 0 bridgehead atoms. The van der Waals surface area contributed by atoms with Crippen LogP contribution in [0.3, 0.4) is 0 Å². The van der Waals surface area contributed by atoms with Crippen LogP contribution in [0.1, 0.15) is 5.56 Å².